The second kappa shape index (κ2) is 7.53. The highest BCUT2D eigenvalue weighted by molar-refractivity contribution is 4.79. The Labute approximate surface area is 75.4 Å². The van der Waals surface area contributed by atoms with E-state index in [4.69, 9.17) is 4.74 Å². The van der Waals surface area contributed by atoms with Crippen LogP contribution in [0.4, 0.5) is 0 Å². The summed E-state index contributed by atoms with van der Waals surface area (Å²) in [6, 6.07) is 1.31. The maximum absolute atomic E-state index is 5.01. The summed E-state index contributed by atoms with van der Waals surface area (Å²) in [7, 11) is 5.00. The van der Waals surface area contributed by atoms with Gasteiger partial charge in [-0.25, -0.2) is 0 Å². The van der Waals surface area contributed by atoms with E-state index >= 15 is 0 Å². The number of hydrogen-bond acceptors (Lipinski definition) is 3. The molecule has 0 spiro atoms. The van der Waals surface area contributed by atoms with Crippen molar-refractivity contribution in [3.05, 3.63) is 0 Å². The number of rotatable bonds is 2. The largest absolute Gasteiger partial charge is 0.388 e. The normalized spacial score (nSPS) is 28.0. The van der Waals surface area contributed by atoms with Crippen LogP contribution < -0.4 is 5.32 Å². The van der Waals surface area contributed by atoms with Gasteiger partial charge in [-0.1, -0.05) is 0 Å². The van der Waals surface area contributed by atoms with Gasteiger partial charge in [0.05, 0.1) is 6.61 Å². The van der Waals surface area contributed by atoms with Gasteiger partial charge in [0.1, 0.15) is 0 Å². The van der Waals surface area contributed by atoms with Crippen molar-refractivity contribution in [1.29, 1.82) is 0 Å². The highest BCUT2D eigenvalue weighted by Crippen LogP contribution is 2.10. The number of hydrogen-bond donors (Lipinski definition) is 1. The van der Waals surface area contributed by atoms with Gasteiger partial charge in [0.15, 0.2) is 0 Å². The summed E-state index contributed by atoms with van der Waals surface area (Å²) in [5.41, 5.74) is 0. The van der Waals surface area contributed by atoms with Crippen molar-refractivity contribution in [3.63, 3.8) is 0 Å². The first-order chi connectivity index (χ1) is 5.74. The monoisotopic (exact) mass is 175 g/mol. The Morgan fingerprint density at radius 2 is 1.83 bits per heavy atom. The molecule has 12 heavy (non-hydrogen) atoms. The molecule has 1 N–H and O–H groups in total. The standard InChI is InChI=1S/C7H15NO.C2H6O/c1-6-3-4-7(8-6)5-9-2;1-3-2/h6-8H,3-5H2,1-2H3;1-2H3/t6?,7-;/m0./s1. The Morgan fingerprint density at radius 3 is 2.17 bits per heavy atom. The van der Waals surface area contributed by atoms with Crippen molar-refractivity contribution >= 4 is 0 Å². The highest BCUT2D eigenvalue weighted by Gasteiger charge is 2.18. The van der Waals surface area contributed by atoms with Gasteiger partial charge in [0.2, 0.25) is 0 Å². The molecule has 1 unspecified atom stereocenters. The molecule has 1 aliphatic rings. The first-order valence-corrected chi connectivity index (χ1v) is 4.39. The Kier molecular flexibility index (Phi) is 7.45. The van der Waals surface area contributed by atoms with Gasteiger partial charge in [0.25, 0.3) is 0 Å². The zero-order chi connectivity index (χ0) is 9.40. The fraction of sp³-hybridized carbons (Fsp3) is 1.00. The van der Waals surface area contributed by atoms with Gasteiger partial charge in [-0.05, 0) is 19.8 Å². The molecule has 0 aromatic rings. The summed E-state index contributed by atoms with van der Waals surface area (Å²) in [6.45, 7) is 3.08. The molecule has 0 radical (unpaired) electrons. The van der Waals surface area contributed by atoms with Gasteiger partial charge in [-0.15, -0.1) is 0 Å². The fourth-order valence-electron chi connectivity index (χ4n) is 1.35. The van der Waals surface area contributed by atoms with Crippen LogP contribution in [0.3, 0.4) is 0 Å². The summed E-state index contributed by atoms with van der Waals surface area (Å²) in [6.07, 6.45) is 2.57. The summed E-state index contributed by atoms with van der Waals surface area (Å²) >= 11 is 0. The minimum absolute atomic E-state index is 0.616. The van der Waals surface area contributed by atoms with Gasteiger partial charge in [-0.3, -0.25) is 0 Å². The molecule has 1 rings (SSSR count). The summed E-state index contributed by atoms with van der Waals surface area (Å²) in [5, 5.41) is 3.43. The van der Waals surface area contributed by atoms with Gasteiger partial charge in [0, 0.05) is 33.4 Å². The molecule has 0 bridgehead atoms. The molecule has 0 saturated carbocycles. The van der Waals surface area contributed by atoms with Crippen LogP contribution >= 0.6 is 0 Å². The average molecular weight is 175 g/mol. The number of methoxy groups -OCH3 is 2. The zero-order valence-electron chi connectivity index (χ0n) is 8.59. The molecule has 3 heteroatoms. The molecule has 74 valence electrons. The lowest BCUT2D eigenvalue weighted by Gasteiger charge is -2.08. The third kappa shape index (κ3) is 5.52. The van der Waals surface area contributed by atoms with Crippen LogP contribution in [0.2, 0.25) is 0 Å². The molecule has 0 aromatic carbocycles. The molecular weight excluding hydrogens is 154 g/mol. The lowest BCUT2D eigenvalue weighted by Crippen LogP contribution is -2.30. The Hall–Kier alpha value is -0.120. The van der Waals surface area contributed by atoms with Crippen molar-refractivity contribution in [2.24, 2.45) is 0 Å². The zero-order valence-corrected chi connectivity index (χ0v) is 8.59. The summed E-state index contributed by atoms with van der Waals surface area (Å²) in [4.78, 5) is 0. The fourth-order valence-corrected chi connectivity index (χ4v) is 1.35. The second-order valence-corrected chi connectivity index (χ2v) is 3.21. The molecule has 0 amide bonds. The number of nitrogens with one attached hydrogen (secondary N) is 1. The van der Waals surface area contributed by atoms with E-state index in [1.54, 1.807) is 21.3 Å². The van der Waals surface area contributed by atoms with Crippen LogP contribution in [0.25, 0.3) is 0 Å². The van der Waals surface area contributed by atoms with E-state index < -0.39 is 0 Å². The summed E-state index contributed by atoms with van der Waals surface area (Å²) < 4.78 is 9.26. The van der Waals surface area contributed by atoms with Gasteiger partial charge >= 0.3 is 0 Å². The van der Waals surface area contributed by atoms with Crippen molar-refractivity contribution in [2.75, 3.05) is 27.9 Å². The smallest absolute Gasteiger partial charge is 0.0615 e. The molecular formula is C9H21NO2. The van der Waals surface area contributed by atoms with Gasteiger partial charge in [-0.2, -0.15) is 0 Å². The third-order valence-corrected chi connectivity index (χ3v) is 1.84. The molecule has 2 atom stereocenters. The molecule has 1 heterocycles. The Balaban J connectivity index is 0.000000354. The molecule has 0 aromatic heterocycles. The van der Waals surface area contributed by atoms with Crippen LogP contribution in [-0.2, 0) is 9.47 Å². The minimum atomic E-state index is 0.616. The Bertz CT molecular complexity index is 96.5. The quantitative estimate of drug-likeness (QED) is 0.680. The Morgan fingerprint density at radius 1 is 1.25 bits per heavy atom. The molecule has 1 fully saturated rings. The predicted molar refractivity (Wildman–Crippen MR) is 50.4 cm³/mol. The second-order valence-electron chi connectivity index (χ2n) is 3.21. The summed E-state index contributed by atoms with van der Waals surface area (Å²) in [5.74, 6) is 0. The average Bonchev–Trinajstić information content (AvgIpc) is 2.38. The van der Waals surface area contributed by atoms with Crippen LogP contribution in [0, 0.1) is 0 Å². The minimum Gasteiger partial charge on any atom is -0.388 e. The molecule has 1 saturated heterocycles. The van der Waals surface area contributed by atoms with Crippen LogP contribution in [0.5, 0.6) is 0 Å². The lowest BCUT2D eigenvalue weighted by atomic mass is 10.2. The van der Waals surface area contributed by atoms with E-state index in [0.717, 1.165) is 6.61 Å². The van der Waals surface area contributed by atoms with Crippen molar-refractivity contribution in [2.45, 2.75) is 31.8 Å². The van der Waals surface area contributed by atoms with Crippen molar-refractivity contribution in [3.8, 4) is 0 Å². The molecule has 3 nitrogen and oxygen atoms in total. The number of ether oxygens (including phenoxy) is 2. The SMILES string of the molecule is COC.COC[C@@H]1CCC(C)N1. The lowest BCUT2D eigenvalue weighted by molar-refractivity contribution is 0.172. The molecule has 0 aliphatic carbocycles. The van der Waals surface area contributed by atoms with Crippen LogP contribution in [0.1, 0.15) is 19.8 Å². The predicted octanol–water partition coefficient (Wildman–Crippen LogP) is 1.04. The van der Waals surface area contributed by atoms with Crippen molar-refractivity contribution < 1.29 is 9.47 Å². The van der Waals surface area contributed by atoms with E-state index in [-0.39, 0.29) is 0 Å². The first-order valence-electron chi connectivity index (χ1n) is 4.39. The van der Waals surface area contributed by atoms with Crippen LogP contribution in [-0.4, -0.2) is 40.0 Å². The third-order valence-electron chi connectivity index (χ3n) is 1.84. The van der Waals surface area contributed by atoms with Crippen LogP contribution in [0.15, 0.2) is 0 Å². The van der Waals surface area contributed by atoms with Crippen molar-refractivity contribution in [1.82, 2.24) is 5.32 Å². The van der Waals surface area contributed by atoms with E-state index in [1.807, 2.05) is 0 Å². The maximum atomic E-state index is 5.01. The van der Waals surface area contributed by atoms with E-state index in [1.165, 1.54) is 12.8 Å². The van der Waals surface area contributed by atoms with Gasteiger partial charge < -0.3 is 14.8 Å². The maximum Gasteiger partial charge on any atom is 0.0615 e. The van der Waals surface area contributed by atoms with E-state index in [0.29, 0.717) is 12.1 Å². The van der Waals surface area contributed by atoms with E-state index in [9.17, 15) is 0 Å². The topological polar surface area (TPSA) is 30.5 Å². The molecule has 1 aliphatic heterocycles. The first kappa shape index (κ1) is 11.9. The highest BCUT2D eigenvalue weighted by atomic mass is 16.5. The van der Waals surface area contributed by atoms with E-state index in [2.05, 4.69) is 17.0 Å².